The number of anilines is 1. The van der Waals surface area contributed by atoms with Crippen LogP contribution in [0.25, 0.3) is 10.4 Å². The van der Waals surface area contributed by atoms with Gasteiger partial charge in [-0.2, -0.15) is 0 Å². The first-order chi connectivity index (χ1) is 15.6. The average molecular weight is 451 g/mol. The fraction of sp³-hybridized carbons (Fsp3) is 0.238. The van der Waals surface area contributed by atoms with E-state index in [0.717, 1.165) is 23.2 Å². The third-order valence-electron chi connectivity index (χ3n) is 4.42. The van der Waals surface area contributed by atoms with E-state index in [1.165, 1.54) is 18.4 Å². The summed E-state index contributed by atoms with van der Waals surface area (Å²) >= 11 is 1.35. The standard InChI is InChI=1S/C21H22BN5O4S/c1-31-20(29)16(27-21-24-8-3-9-25-21)12-26-19(28)18-7-6-17(32-18)15-5-2-4-14(10-15)11-23-13-22-30/h2-10,16,23H,11-13H2,1H3,(H,26,28)(H,24,25,27). The van der Waals surface area contributed by atoms with Gasteiger partial charge in [-0.1, -0.05) is 0 Å². The molecule has 0 radical (unpaired) electrons. The van der Waals surface area contributed by atoms with E-state index in [9.17, 15) is 14.3 Å². The summed E-state index contributed by atoms with van der Waals surface area (Å²) in [6, 6.07) is 12.3. The first kappa shape index (κ1) is 23.2. The SMILES string of the molecule is COC(=O)C(CNC(=O)c1ccc(-c2cccc(CNCB=O)c2)s1)Nc1ncccn1. The summed E-state index contributed by atoms with van der Waals surface area (Å²) in [6.07, 6.45) is 3.39. The van der Waals surface area contributed by atoms with E-state index in [0.29, 0.717) is 17.9 Å². The molecule has 3 N–H and O–H groups in total. The van der Waals surface area contributed by atoms with Crippen LogP contribution >= 0.6 is 11.3 Å². The number of carbonyl (C=O) groups excluding carboxylic acids is 2. The molecule has 0 aliphatic heterocycles. The second-order valence-electron chi connectivity index (χ2n) is 6.66. The van der Waals surface area contributed by atoms with Gasteiger partial charge in [0.15, 0.2) is 0 Å². The Morgan fingerprint density at radius 1 is 1.16 bits per heavy atom. The summed E-state index contributed by atoms with van der Waals surface area (Å²) in [4.78, 5) is 34.2. The zero-order valence-electron chi connectivity index (χ0n) is 17.4. The van der Waals surface area contributed by atoms with Crippen LogP contribution < -0.4 is 16.0 Å². The zero-order chi connectivity index (χ0) is 22.8. The van der Waals surface area contributed by atoms with Crippen molar-refractivity contribution in [1.82, 2.24) is 20.6 Å². The normalized spacial score (nSPS) is 11.3. The van der Waals surface area contributed by atoms with Crippen molar-refractivity contribution in [3.63, 3.8) is 0 Å². The first-order valence-electron chi connectivity index (χ1n) is 9.83. The van der Waals surface area contributed by atoms with Gasteiger partial charge >= 0.3 is 127 Å². The number of hydrogen-bond donors (Lipinski definition) is 3. The molecule has 0 bridgehead atoms. The number of thiophene rings is 1. The van der Waals surface area contributed by atoms with Crippen molar-refractivity contribution < 1.29 is 19.0 Å². The first-order valence-corrected chi connectivity index (χ1v) is 10.7. The molecule has 1 atom stereocenters. The molecule has 164 valence electrons. The van der Waals surface area contributed by atoms with Gasteiger partial charge < -0.3 is 10.1 Å². The van der Waals surface area contributed by atoms with Crippen LogP contribution in [0.4, 0.5) is 5.95 Å². The smallest absolute Gasteiger partial charge is 0.223 e. The fourth-order valence-electron chi connectivity index (χ4n) is 2.87. The molecule has 0 aliphatic rings. The van der Waals surface area contributed by atoms with Crippen molar-refractivity contribution >= 4 is 36.3 Å². The van der Waals surface area contributed by atoms with Crippen molar-refractivity contribution in [3.8, 4) is 10.4 Å². The van der Waals surface area contributed by atoms with E-state index < -0.39 is 12.0 Å². The Morgan fingerprint density at radius 2 is 1.97 bits per heavy atom. The Morgan fingerprint density at radius 3 is 2.72 bits per heavy atom. The molecule has 9 nitrogen and oxygen atoms in total. The minimum absolute atomic E-state index is 0.00881. The number of nitrogens with one attached hydrogen (secondary N) is 3. The number of ether oxygens (including phenoxy) is 1. The van der Waals surface area contributed by atoms with E-state index in [2.05, 4.69) is 25.9 Å². The van der Waals surface area contributed by atoms with Crippen molar-refractivity contribution in [3.05, 3.63) is 65.3 Å². The van der Waals surface area contributed by atoms with Gasteiger partial charge in [0.25, 0.3) is 0 Å². The van der Waals surface area contributed by atoms with Gasteiger partial charge in [-0.15, -0.1) is 0 Å². The zero-order valence-corrected chi connectivity index (χ0v) is 18.2. The van der Waals surface area contributed by atoms with Crippen molar-refractivity contribution in [1.29, 1.82) is 0 Å². The number of rotatable bonds is 11. The molecule has 2 aromatic heterocycles. The largest absolute Gasteiger partial charge is 0.339 e. The van der Waals surface area contributed by atoms with Gasteiger partial charge in [-0.05, 0) is 6.07 Å². The fourth-order valence-corrected chi connectivity index (χ4v) is 3.79. The molecule has 3 aromatic rings. The minimum Gasteiger partial charge on any atom is -0.339 e. The van der Waals surface area contributed by atoms with Gasteiger partial charge in [0.05, 0.1) is 7.11 Å². The van der Waals surface area contributed by atoms with E-state index in [-0.39, 0.29) is 18.4 Å². The molecule has 0 aliphatic carbocycles. The number of esters is 1. The molecule has 3 rings (SSSR count). The van der Waals surface area contributed by atoms with Gasteiger partial charge in [0, 0.05) is 12.4 Å². The van der Waals surface area contributed by atoms with Crippen molar-refractivity contribution in [2.24, 2.45) is 0 Å². The molecule has 11 heteroatoms. The molecule has 0 saturated carbocycles. The Hall–Kier alpha value is -3.44. The van der Waals surface area contributed by atoms with Crippen LogP contribution in [-0.4, -0.2) is 55.1 Å². The number of methoxy groups -OCH3 is 1. The minimum atomic E-state index is -0.832. The van der Waals surface area contributed by atoms with Crippen LogP contribution in [0.5, 0.6) is 0 Å². The molecule has 1 amide bonds. The third kappa shape index (κ3) is 6.53. The number of benzene rings is 1. The summed E-state index contributed by atoms with van der Waals surface area (Å²) in [6.45, 7) is 0.591. The number of nitrogens with zero attached hydrogens (tertiary/aromatic N) is 2. The number of aromatic nitrogens is 2. The van der Waals surface area contributed by atoms with Crippen molar-refractivity contribution in [2.45, 2.75) is 12.6 Å². The molecule has 1 unspecified atom stereocenters. The second-order valence-corrected chi connectivity index (χ2v) is 7.75. The molecular weight excluding hydrogens is 429 g/mol. The third-order valence-corrected chi connectivity index (χ3v) is 5.55. The van der Waals surface area contributed by atoms with Crippen LogP contribution in [0, 0.1) is 0 Å². The summed E-state index contributed by atoms with van der Waals surface area (Å²) in [5.41, 5.74) is 2.02. The van der Waals surface area contributed by atoms with Crippen LogP contribution in [-0.2, 0) is 20.8 Å². The number of amides is 1. The summed E-state index contributed by atoms with van der Waals surface area (Å²) < 4.78 is 15.3. The van der Waals surface area contributed by atoms with E-state index in [4.69, 9.17) is 4.74 Å². The second kappa shape index (κ2) is 11.8. The molecule has 0 fully saturated rings. The van der Waals surface area contributed by atoms with Crippen LogP contribution in [0.2, 0.25) is 0 Å². The van der Waals surface area contributed by atoms with Crippen LogP contribution in [0.1, 0.15) is 15.2 Å². The summed E-state index contributed by atoms with van der Waals surface area (Å²) in [5.74, 6) is -0.572. The van der Waals surface area contributed by atoms with Gasteiger partial charge in [-0.3, -0.25) is 0 Å². The van der Waals surface area contributed by atoms with Gasteiger partial charge in [0.2, 0.25) is 5.95 Å². The maximum Gasteiger partial charge on any atom is 0.223 e. The van der Waals surface area contributed by atoms with Gasteiger partial charge in [0.1, 0.15) is 6.04 Å². The van der Waals surface area contributed by atoms with Crippen LogP contribution in [0.15, 0.2) is 54.9 Å². The summed E-state index contributed by atoms with van der Waals surface area (Å²) in [5, 5.41) is 8.64. The molecule has 1 aromatic carbocycles. The van der Waals surface area contributed by atoms with E-state index in [1.54, 1.807) is 24.5 Å². The quantitative estimate of drug-likeness (QED) is 0.229. The molecule has 2 heterocycles. The molecule has 0 saturated heterocycles. The van der Waals surface area contributed by atoms with Crippen molar-refractivity contribution in [2.75, 3.05) is 25.4 Å². The Labute approximate surface area is 189 Å². The van der Waals surface area contributed by atoms with Gasteiger partial charge in [-0.25, -0.2) is 14.8 Å². The predicted octanol–water partition coefficient (Wildman–Crippen LogP) is 1.69. The average Bonchev–Trinajstić information content (AvgIpc) is 3.33. The molecule has 32 heavy (non-hydrogen) atoms. The number of carbonyl (C=O) groups is 2. The molecule has 0 spiro atoms. The monoisotopic (exact) mass is 451 g/mol. The predicted molar refractivity (Wildman–Crippen MR) is 122 cm³/mol. The van der Waals surface area contributed by atoms with Crippen LogP contribution in [0.3, 0.4) is 0 Å². The Bertz CT molecular complexity index is 1060. The Balaban J connectivity index is 1.63. The Kier molecular flexibility index (Phi) is 8.58. The molecular formula is C21H22BN5O4S. The van der Waals surface area contributed by atoms with E-state index >= 15 is 0 Å². The summed E-state index contributed by atoms with van der Waals surface area (Å²) in [7, 11) is 2.10. The maximum absolute atomic E-state index is 12.6. The van der Waals surface area contributed by atoms with E-state index in [1.807, 2.05) is 30.3 Å². The maximum atomic E-state index is 12.6. The number of hydrogen-bond acceptors (Lipinski definition) is 9. The topological polar surface area (TPSA) is 122 Å².